The van der Waals surface area contributed by atoms with Gasteiger partial charge < -0.3 is 14.3 Å². The number of benzene rings is 1. The molecule has 3 rings (SSSR count). The summed E-state index contributed by atoms with van der Waals surface area (Å²) in [4.78, 5) is 10.8. The highest BCUT2D eigenvalue weighted by Crippen LogP contribution is 2.27. The average molecular weight is 410 g/mol. The minimum absolute atomic E-state index is 0.273. The predicted molar refractivity (Wildman–Crippen MR) is 97.6 cm³/mol. The second-order valence-corrected chi connectivity index (χ2v) is 6.84. The zero-order chi connectivity index (χ0) is 18.7. The van der Waals surface area contributed by atoms with Gasteiger partial charge in [-0.2, -0.15) is 9.78 Å². The van der Waals surface area contributed by atoms with Crippen molar-refractivity contribution >= 4 is 47.1 Å². The molecule has 0 atom stereocenters. The first-order valence-electron chi connectivity index (χ1n) is 7.27. The minimum atomic E-state index is -1.21. The number of thioether (sulfide) groups is 1. The molecule has 26 heavy (non-hydrogen) atoms. The summed E-state index contributed by atoms with van der Waals surface area (Å²) < 4.78 is 6.74. The van der Waals surface area contributed by atoms with Crippen LogP contribution in [0.4, 0.5) is 0 Å². The molecule has 134 valence electrons. The van der Waals surface area contributed by atoms with Gasteiger partial charge in [0.15, 0.2) is 5.82 Å². The van der Waals surface area contributed by atoms with Crippen LogP contribution in [0.2, 0.25) is 10.0 Å². The maximum absolute atomic E-state index is 10.8. The fourth-order valence-corrected chi connectivity index (χ4v) is 2.99. The van der Waals surface area contributed by atoms with E-state index in [2.05, 4.69) is 15.3 Å². The van der Waals surface area contributed by atoms with E-state index in [9.17, 15) is 9.90 Å². The van der Waals surface area contributed by atoms with Crippen LogP contribution in [0.25, 0.3) is 11.4 Å². The molecular formula is C16H11Cl2N4O3S-. The molecule has 0 aliphatic heterocycles. The first kappa shape index (κ1) is 18.5. The van der Waals surface area contributed by atoms with Gasteiger partial charge in [-0.05, 0) is 30.7 Å². The van der Waals surface area contributed by atoms with Crippen molar-refractivity contribution < 1.29 is 14.3 Å². The molecule has 2 heterocycles. The maximum Gasteiger partial charge on any atom is 0.212 e. The van der Waals surface area contributed by atoms with Crippen LogP contribution in [-0.4, -0.2) is 32.8 Å². The normalized spacial score (nSPS) is 11.3. The van der Waals surface area contributed by atoms with E-state index in [1.54, 1.807) is 37.4 Å². The van der Waals surface area contributed by atoms with Gasteiger partial charge in [-0.1, -0.05) is 41.0 Å². The summed E-state index contributed by atoms with van der Waals surface area (Å²) >= 11 is 12.9. The number of aryl methyl sites for hydroxylation is 1. The Hall–Kier alpha value is -2.29. The largest absolute Gasteiger partial charge is 0.549 e. The zero-order valence-corrected chi connectivity index (χ0v) is 15.7. The van der Waals surface area contributed by atoms with Crippen LogP contribution >= 0.6 is 35.0 Å². The van der Waals surface area contributed by atoms with E-state index < -0.39 is 5.97 Å². The van der Waals surface area contributed by atoms with E-state index >= 15 is 0 Å². The Morgan fingerprint density at radius 3 is 2.81 bits per heavy atom. The van der Waals surface area contributed by atoms with Crippen molar-refractivity contribution in [2.24, 2.45) is 5.10 Å². The van der Waals surface area contributed by atoms with E-state index in [4.69, 9.17) is 27.6 Å². The zero-order valence-electron chi connectivity index (χ0n) is 13.3. The fraction of sp³-hybridized carbons (Fsp3) is 0.125. The number of carbonyl (C=O) groups is 1. The summed E-state index contributed by atoms with van der Waals surface area (Å²) in [6.07, 6.45) is 3.08. The van der Waals surface area contributed by atoms with Gasteiger partial charge >= 0.3 is 0 Å². The van der Waals surface area contributed by atoms with E-state index in [-0.39, 0.29) is 5.75 Å². The first-order valence-corrected chi connectivity index (χ1v) is 9.02. The van der Waals surface area contributed by atoms with Crippen molar-refractivity contribution in [3.05, 3.63) is 51.9 Å². The van der Waals surface area contributed by atoms with Crippen LogP contribution < -0.4 is 5.11 Å². The minimum Gasteiger partial charge on any atom is -0.549 e. The van der Waals surface area contributed by atoms with Gasteiger partial charge in [-0.15, -0.1) is 10.2 Å². The summed E-state index contributed by atoms with van der Waals surface area (Å²) in [5.41, 5.74) is 1.41. The molecule has 0 aliphatic rings. The molecule has 0 amide bonds. The van der Waals surface area contributed by atoms with Gasteiger partial charge in [0, 0.05) is 5.75 Å². The quantitative estimate of drug-likeness (QED) is 0.458. The highest BCUT2D eigenvalue weighted by molar-refractivity contribution is 7.99. The number of carbonyl (C=O) groups excluding carboxylic acids is 1. The average Bonchev–Trinajstić information content (AvgIpc) is 3.19. The van der Waals surface area contributed by atoms with Crippen molar-refractivity contribution in [1.29, 1.82) is 0 Å². The summed E-state index contributed by atoms with van der Waals surface area (Å²) in [7, 11) is 0. The Kier molecular flexibility index (Phi) is 5.65. The third-order valence-electron chi connectivity index (χ3n) is 3.30. The number of hydrogen-bond acceptors (Lipinski definition) is 7. The number of furan rings is 1. The summed E-state index contributed by atoms with van der Waals surface area (Å²) in [6.45, 7) is 1.78. The van der Waals surface area contributed by atoms with Crippen molar-refractivity contribution in [2.45, 2.75) is 12.1 Å². The third-order valence-corrected chi connectivity index (χ3v) is 4.93. The molecular weight excluding hydrogens is 399 g/mol. The van der Waals surface area contributed by atoms with Crippen LogP contribution in [0.15, 0.2) is 45.2 Å². The lowest BCUT2D eigenvalue weighted by Gasteiger charge is -2.04. The smallest absolute Gasteiger partial charge is 0.212 e. The molecule has 0 unspecified atom stereocenters. The Balaban J connectivity index is 2.00. The number of rotatable bonds is 6. The Labute approximate surface area is 162 Å². The van der Waals surface area contributed by atoms with E-state index in [1.165, 1.54) is 10.9 Å². The van der Waals surface area contributed by atoms with Gasteiger partial charge in [0.05, 0.1) is 34.1 Å². The van der Waals surface area contributed by atoms with Crippen molar-refractivity contribution in [1.82, 2.24) is 14.9 Å². The Morgan fingerprint density at radius 1 is 1.35 bits per heavy atom. The fourth-order valence-electron chi connectivity index (χ4n) is 2.09. The molecule has 7 nitrogen and oxygen atoms in total. The third kappa shape index (κ3) is 4.09. The molecule has 0 spiro atoms. The lowest BCUT2D eigenvalue weighted by atomic mass is 10.2. The molecule has 0 bridgehead atoms. The lowest BCUT2D eigenvalue weighted by molar-refractivity contribution is -0.301. The number of carboxylic acid groups (broad SMARTS) is 1. The number of aromatic nitrogens is 3. The highest BCUT2D eigenvalue weighted by Gasteiger charge is 2.17. The van der Waals surface area contributed by atoms with E-state index in [1.807, 2.05) is 0 Å². The molecule has 0 radical (unpaired) electrons. The van der Waals surface area contributed by atoms with Crippen LogP contribution in [0.3, 0.4) is 0 Å². The highest BCUT2D eigenvalue weighted by atomic mass is 35.5. The van der Waals surface area contributed by atoms with Crippen LogP contribution in [-0.2, 0) is 4.79 Å². The Morgan fingerprint density at radius 2 is 2.15 bits per heavy atom. The lowest BCUT2D eigenvalue weighted by Crippen LogP contribution is -2.24. The molecule has 0 aliphatic carbocycles. The molecule has 2 aromatic heterocycles. The summed E-state index contributed by atoms with van der Waals surface area (Å²) in [5.74, 6) is -0.419. The van der Waals surface area contributed by atoms with Crippen molar-refractivity contribution in [2.75, 3.05) is 5.75 Å². The summed E-state index contributed by atoms with van der Waals surface area (Å²) in [5, 5.41) is 24.4. The van der Waals surface area contributed by atoms with Crippen LogP contribution in [0.1, 0.15) is 11.3 Å². The second-order valence-electron chi connectivity index (χ2n) is 5.09. The van der Waals surface area contributed by atoms with Crippen LogP contribution in [0.5, 0.6) is 0 Å². The molecule has 1 aromatic carbocycles. The van der Waals surface area contributed by atoms with Gasteiger partial charge in [-0.3, -0.25) is 0 Å². The van der Waals surface area contributed by atoms with E-state index in [0.29, 0.717) is 37.9 Å². The molecule has 10 heteroatoms. The van der Waals surface area contributed by atoms with Gasteiger partial charge in [0.25, 0.3) is 0 Å². The maximum atomic E-state index is 10.8. The topological polar surface area (TPSA) is 96.3 Å². The monoisotopic (exact) mass is 409 g/mol. The predicted octanol–water partition coefficient (Wildman–Crippen LogP) is 2.88. The number of carboxylic acids is 1. The van der Waals surface area contributed by atoms with Gasteiger partial charge in [0.1, 0.15) is 5.76 Å². The first-order chi connectivity index (χ1) is 12.5. The number of hydrogen-bond donors (Lipinski definition) is 0. The van der Waals surface area contributed by atoms with Crippen molar-refractivity contribution in [3.8, 4) is 11.4 Å². The molecule has 0 fully saturated rings. The number of halogens is 2. The SMILES string of the molecule is Cc1occc1-c1nnc(SCC(=O)[O-])n1/N=C\c1ccc(Cl)c(Cl)c1. The van der Waals surface area contributed by atoms with Gasteiger partial charge in [0.2, 0.25) is 5.16 Å². The van der Waals surface area contributed by atoms with Crippen molar-refractivity contribution in [3.63, 3.8) is 0 Å². The second kappa shape index (κ2) is 7.94. The van der Waals surface area contributed by atoms with Crippen LogP contribution in [0, 0.1) is 6.92 Å². The van der Waals surface area contributed by atoms with Gasteiger partial charge in [-0.25, -0.2) is 0 Å². The summed E-state index contributed by atoms with van der Waals surface area (Å²) in [6, 6.07) is 6.80. The molecule has 3 aromatic rings. The Bertz CT molecular complexity index is 984. The molecule has 0 saturated carbocycles. The number of aliphatic carboxylic acids is 1. The standard InChI is InChI=1S/C16H12Cl2N4O3S/c1-9-11(4-5-25-9)15-20-21-16(26-8-14(23)24)22(15)19-7-10-2-3-12(17)13(18)6-10/h2-7H,8H2,1H3,(H,23,24)/p-1/b19-7-. The molecule has 0 N–H and O–H groups in total. The van der Waals surface area contributed by atoms with E-state index in [0.717, 1.165) is 11.8 Å². The number of nitrogens with zero attached hydrogens (tertiary/aromatic N) is 4. The molecule has 0 saturated heterocycles.